The third-order valence-corrected chi connectivity index (χ3v) is 6.59. The Morgan fingerprint density at radius 3 is 2.79 bits per heavy atom. The number of methoxy groups -OCH3 is 1. The molecule has 6 nitrogen and oxygen atoms in total. The smallest absolute Gasteiger partial charge is 0.228 e. The normalized spacial score (nSPS) is 22.2. The van der Waals surface area contributed by atoms with E-state index in [0.717, 1.165) is 31.2 Å². The monoisotopic (exact) mass is 383 g/mol. The summed E-state index contributed by atoms with van der Waals surface area (Å²) >= 11 is 0. The minimum atomic E-state index is -0.360. The Hall–Kier alpha value is -2.34. The summed E-state index contributed by atoms with van der Waals surface area (Å²) < 4.78 is 5.55. The first-order valence-electron chi connectivity index (χ1n) is 10.1. The van der Waals surface area contributed by atoms with Gasteiger partial charge in [-0.05, 0) is 37.3 Å². The van der Waals surface area contributed by atoms with Crippen molar-refractivity contribution in [3.63, 3.8) is 0 Å². The van der Waals surface area contributed by atoms with Crippen molar-refractivity contribution in [2.75, 3.05) is 33.8 Å². The molecule has 2 saturated heterocycles. The zero-order valence-electron chi connectivity index (χ0n) is 16.7. The molecule has 0 bridgehead atoms. The predicted octanol–water partition coefficient (Wildman–Crippen LogP) is 2.59. The molecule has 0 radical (unpaired) electrons. The standard InChI is InChI=1S/C22H29N3O3/c1-24-15-17(28-2)13-22(21(24)27)9-11-25(12-10-22)20(26)8-7-16-14-23-19-6-4-3-5-18(16)19/h3-6,14,17,23H,7-13,15H2,1-2H3. The van der Waals surface area contributed by atoms with E-state index in [1.807, 2.05) is 30.3 Å². The number of aromatic nitrogens is 1. The number of carbonyl (C=O) groups is 2. The Morgan fingerprint density at radius 2 is 2.04 bits per heavy atom. The third-order valence-electron chi connectivity index (χ3n) is 6.59. The van der Waals surface area contributed by atoms with E-state index in [9.17, 15) is 9.59 Å². The second kappa shape index (κ2) is 7.59. The van der Waals surface area contributed by atoms with Crippen LogP contribution in [0.2, 0.25) is 0 Å². The van der Waals surface area contributed by atoms with Crippen molar-refractivity contribution in [3.05, 3.63) is 36.0 Å². The van der Waals surface area contributed by atoms with Gasteiger partial charge in [0.1, 0.15) is 0 Å². The zero-order valence-corrected chi connectivity index (χ0v) is 16.7. The summed E-state index contributed by atoms with van der Waals surface area (Å²) in [6, 6.07) is 8.18. The Bertz CT molecular complexity index is 867. The van der Waals surface area contributed by atoms with Crippen LogP contribution >= 0.6 is 0 Å². The number of hydrogen-bond acceptors (Lipinski definition) is 3. The summed E-state index contributed by atoms with van der Waals surface area (Å²) in [6.45, 7) is 1.97. The number of nitrogens with zero attached hydrogens (tertiary/aromatic N) is 2. The fraction of sp³-hybridized carbons (Fsp3) is 0.545. The first-order valence-corrected chi connectivity index (χ1v) is 10.1. The number of hydrogen-bond donors (Lipinski definition) is 1. The number of likely N-dealkylation sites (N-methyl/N-ethyl adjacent to an activating group) is 1. The van der Waals surface area contributed by atoms with Crippen molar-refractivity contribution >= 4 is 22.7 Å². The van der Waals surface area contributed by atoms with Gasteiger partial charge in [-0.25, -0.2) is 0 Å². The summed E-state index contributed by atoms with van der Waals surface area (Å²) in [5, 5.41) is 1.19. The van der Waals surface area contributed by atoms with E-state index in [-0.39, 0.29) is 23.3 Å². The maximum atomic E-state index is 12.8. The van der Waals surface area contributed by atoms with E-state index in [1.165, 1.54) is 10.9 Å². The molecule has 2 amide bonds. The molecule has 0 saturated carbocycles. The van der Waals surface area contributed by atoms with Crippen molar-refractivity contribution in [1.82, 2.24) is 14.8 Å². The number of ether oxygens (including phenoxy) is 1. The van der Waals surface area contributed by atoms with Gasteiger partial charge in [0.25, 0.3) is 0 Å². The molecule has 1 spiro atoms. The number of aromatic amines is 1. The van der Waals surface area contributed by atoms with Crippen LogP contribution in [0.25, 0.3) is 10.9 Å². The highest BCUT2D eigenvalue weighted by molar-refractivity contribution is 5.85. The summed E-state index contributed by atoms with van der Waals surface area (Å²) in [7, 11) is 3.57. The van der Waals surface area contributed by atoms with Crippen LogP contribution in [-0.4, -0.2) is 66.5 Å². The minimum absolute atomic E-state index is 0.0897. The Labute approximate surface area is 165 Å². The highest BCUT2D eigenvalue weighted by Crippen LogP contribution is 2.41. The lowest BCUT2D eigenvalue weighted by molar-refractivity contribution is -0.158. The van der Waals surface area contributed by atoms with Gasteiger partial charge in [-0.2, -0.15) is 0 Å². The van der Waals surface area contributed by atoms with Gasteiger partial charge in [-0.1, -0.05) is 18.2 Å². The Morgan fingerprint density at radius 1 is 1.29 bits per heavy atom. The molecule has 2 fully saturated rings. The van der Waals surface area contributed by atoms with Gasteiger partial charge in [0.05, 0.1) is 11.5 Å². The molecule has 1 unspecified atom stereocenters. The summed E-state index contributed by atoms with van der Waals surface area (Å²) in [5.74, 6) is 0.395. The number of benzene rings is 1. The predicted molar refractivity (Wildman–Crippen MR) is 108 cm³/mol. The van der Waals surface area contributed by atoms with E-state index in [2.05, 4.69) is 17.1 Å². The summed E-state index contributed by atoms with van der Waals surface area (Å²) in [4.78, 5) is 32.6. The van der Waals surface area contributed by atoms with Crippen molar-refractivity contribution in [2.45, 2.75) is 38.2 Å². The second-order valence-electron chi connectivity index (χ2n) is 8.27. The lowest BCUT2D eigenvalue weighted by atomic mass is 9.71. The third kappa shape index (κ3) is 3.41. The fourth-order valence-corrected chi connectivity index (χ4v) is 4.88. The molecule has 2 aliphatic rings. The highest BCUT2D eigenvalue weighted by atomic mass is 16.5. The van der Waals surface area contributed by atoms with Crippen LogP contribution in [0.4, 0.5) is 0 Å². The summed E-state index contributed by atoms with van der Waals surface area (Å²) in [6.07, 6.45) is 5.56. The molecule has 1 aromatic heterocycles. The van der Waals surface area contributed by atoms with E-state index < -0.39 is 0 Å². The lowest BCUT2D eigenvalue weighted by Gasteiger charge is -2.47. The molecule has 1 atom stereocenters. The van der Waals surface area contributed by atoms with E-state index in [1.54, 1.807) is 12.0 Å². The van der Waals surface area contributed by atoms with Crippen LogP contribution in [0.1, 0.15) is 31.2 Å². The van der Waals surface area contributed by atoms with Gasteiger partial charge in [0.2, 0.25) is 11.8 Å². The maximum Gasteiger partial charge on any atom is 0.228 e. The number of aryl methyl sites for hydroxylation is 1. The number of fused-ring (bicyclic) bond motifs is 1. The van der Waals surface area contributed by atoms with E-state index >= 15 is 0 Å². The van der Waals surface area contributed by atoms with Gasteiger partial charge in [-0.15, -0.1) is 0 Å². The van der Waals surface area contributed by atoms with Gasteiger partial charge in [0, 0.05) is 57.3 Å². The number of piperidine rings is 2. The second-order valence-corrected chi connectivity index (χ2v) is 8.27. The highest BCUT2D eigenvalue weighted by Gasteiger charge is 2.48. The van der Waals surface area contributed by atoms with E-state index in [0.29, 0.717) is 26.1 Å². The molecule has 1 N–H and O–H groups in total. The SMILES string of the molecule is COC1CN(C)C(=O)C2(CCN(C(=O)CCc3c[nH]c4ccccc34)CC2)C1. The Kier molecular flexibility index (Phi) is 5.15. The van der Waals surface area contributed by atoms with Crippen LogP contribution in [0.3, 0.4) is 0 Å². The molecule has 28 heavy (non-hydrogen) atoms. The molecule has 4 rings (SSSR count). The molecule has 150 valence electrons. The van der Waals surface area contributed by atoms with Crippen LogP contribution in [0, 0.1) is 5.41 Å². The first kappa shape index (κ1) is 19.0. The maximum absolute atomic E-state index is 12.8. The molecule has 3 heterocycles. The minimum Gasteiger partial charge on any atom is -0.380 e. The average Bonchev–Trinajstić information content (AvgIpc) is 3.13. The lowest BCUT2D eigenvalue weighted by Crippen LogP contribution is -2.57. The van der Waals surface area contributed by atoms with E-state index in [4.69, 9.17) is 4.74 Å². The largest absolute Gasteiger partial charge is 0.380 e. The van der Waals surface area contributed by atoms with Crippen LogP contribution in [-0.2, 0) is 20.7 Å². The van der Waals surface area contributed by atoms with Gasteiger partial charge >= 0.3 is 0 Å². The number of rotatable bonds is 4. The topological polar surface area (TPSA) is 65.6 Å². The molecule has 0 aliphatic carbocycles. The Balaban J connectivity index is 1.35. The molecular weight excluding hydrogens is 354 g/mol. The number of para-hydroxylation sites is 1. The summed E-state index contributed by atoms with van der Waals surface area (Å²) in [5.41, 5.74) is 1.93. The number of nitrogens with one attached hydrogen (secondary N) is 1. The number of carbonyl (C=O) groups excluding carboxylic acids is 2. The fourth-order valence-electron chi connectivity index (χ4n) is 4.88. The molecular formula is C22H29N3O3. The van der Waals surface area contributed by atoms with Crippen LogP contribution < -0.4 is 0 Å². The number of amides is 2. The molecule has 6 heteroatoms. The first-order chi connectivity index (χ1) is 13.5. The van der Waals surface area contributed by atoms with Gasteiger partial charge in [-0.3, -0.25) is 9.59 Å². The van der Waals surface area contributed by atoms with Crippen molar-refractivity contribution < 1.29 is 14.3 Å². The van der Waals surface area contributed by atoms with Crippen molar-refractivity contribution in [1.29, 1.82) is 0 Å². The van der Waals surface area contributed by atoms with Gasteiger partial charge in [0.15, 0.2) is 0 Å². The van der Waals surface area contributed by atoms with Crippen molar-refractivity contribution in [3.8, 4) is 0 Å². The molecule has 1 aromatic carbocycles. The number of likely N-dealkylation sites (tertiary alicyclic amines) is 2. The van der Waals surface area contributed by atoms with Gasteiger partial charge < -0.3 is 19.5 Å². The average molecular weight is 383 g/mol. The quantitative estimate of drug-likeness (QED) is 0.883. The van der Waals surface area contributed by atoms with Crippen LogP contribution in [0.15, 0.2) is 30.5 Å². The number of H-pyrrole nitrogens is 1. The van der Waals surface area contributed by atoms with Crippen molar-refractivity contribution in [2.24, 2.45) is 5.41 Å². The van der Waals surface area contributed by atoms with Crippen LogP contribution in [0.5, 0.6) is 0 Å². The molecule has 2 aromatic rings. The zero-order chi connectivity index (χ0) is 19.7. The molecule has 2 aliphatic heterocycles.